The Morgan fingerprint density at radius 3 is 2.96 bits per heavy atom. The Labute approximate surface area is 146 Å². The van der Waals surface area contributed by atoms with Crippen molar-refractivity contribution >= 4 is 17.6 Å². The minimum atomic E-state index is -0.0437. The quantitative estimate of drug-likeness (QED) is 0.905. The number of nitrogens with zero attached hydrogens (tertiary/aromatic N) is 2. The highest BCUT2D eigenvalue weighted by Gasteiger charge is 2.27. The second kappa shape index (κ2) is 8.02. The molecule has 24 heavy (non-hydrogen) atoms. The number of nitrogens with one attached hydrogen (secondary N) is 1. The van der Waals surface area contributed by atoms with E-state index in [9.17, 15) is 4.79 Å². The van der Waals surface area contributed by atoms with Crippen LogP contribution in [0.2, 0.25) is 5.02 Å². The van der Waals surface area contributed by atoms with Gasteiger partial charge in [-0.1, -0.05) is 41.9 Å². The van der Waals surface area contributed by atoms with Crippen molar-refractivity contribution in [3.63, 3.8) is 0 Å². The van der Waals surface area contributed by atoms with Crippen molar-refractivity contribution in [2.45, 2.75) is 18.9 Å². The van der Waals surface area contributed by atoms with Crippen molar-refractivity contribution in [2.24, 2.45) is 0 Å². The molecule has 126 valence electrons. The number of rotatable bonds is 5. The minimum Gasteiger partial charge on any atom is -0.487 e. The number of aromatic nitrogens is 1. The van der Waals surface area contributed by atoms with Gasteiger partial charge in [0, 0.05) is 38.0 Å². The molecule has 0 unspecified atom stereocenters. The van der Waals surface area contributed by atoms with E-state index in [2.05, 4.69) is 22.4 Å². The van der Waals surface area contributed by atoms with Gasteiger partial charge in [-0.25, -0.2) is 4.79 Å². The monoisotopic (exact) mass is 345 g/mol. The second-order valence-electron chi connectivity index (χ2n) is 5.75. The van der Waals surface area contributed by atoms with Crippen molar-refractivity contribution in [3.8, 4) is 5.75 Å². The lowest BCUT2D eigenvalue weighted by Crippen LogP contribution is -2.40. The van der Waals surface area contributed by atoms with Crippen molar-refractivity contribution in [1.82, 2.24) is 15.2 Å². The SMILES string of the molecule is O=C(NCCc1ccccc1)N1CC[C@H](Oc2ccncc2Cl)C1. The number of ether oxygens (including phenoxy) is 1. The molecule has 1 atom stereocenters. The molecule has 5 nitrogen and oxygen atoms in total. The lowest BCUT2D eigenvalue weighted by molar-refractivity contribution is 0.187. The number of amides is 2. The van der Waals surface area contributed by atoms with Gasteiger partial charge < -0.3 is 15.0 Å². The summed E-state index contributed by atoms with van der Waals surface area (Å²) in [5.74, 6) is 0.614. The van der Waals surface area contributed by atoms with Crippen molar-refractivity contribution in [3.05, 3.63) is 59.4 Å². The van der Waals surface area contributed by atoms with Crippen molar-refractivity contribution < 1.29 is 9.53 Å². The topological polar surface area (TPSA) is 54.5 Å². The van der Waals surface area contributed by atoms with E-state index < -0.39 is 0 Å². The maximum atomic E-state index is 12.2. The maximum Gasteiger partial charge on any atom is 0.317 e. The van der Waals surface area contributed by atoms with Crippen molar-refractivity contribution in [2.75, 3.05) is 19.6 Å². The summed E-state index contributed by atoms with van der Waals surface area (Å²) in [5, 5.41) is 3.45. The van der Waals surface area contributed by atoms with Gasteiger partial charge in [0.05, 0.1) is 6.54 Å². The molecule has 1 aromatic heterocycles. The molecule has 0 saturated carbocycles. The van der Waals surface area contributed by atoms with Gasteiger partial charge in [0.15, 0.2) is 0 Å². The summed E-state index contributed by atoms with van der Waals surface area (Å²) in [5.41, 5.74) is 1.22. The summed E-state index contributed by atoms with van der Waals surface area (Å²) < 4.78 is 5.87. The van der Waals surface area contributed by atoms with Crippen LogP contribution in [0.3, 0.4) is 0 Å². The molecular weight excluding hydrogens is 326 g/mol. The van der Waals surface area contributed by atoms with E-state index in [-0.39, 0.29) is 12.1 Å². The maximum absolute atomic E-state index is 12.2. The van der Waals surface area contributed by atoms with E-state index in [1.54, 1.807) is 23.4 Å². The third kappa shape index (κ3) is 4.38. The van der Waals surface area contributed by atoms with Crippen LogP contribution >= 0.6 is 11.6 Å². The highest BCUT2D eigenvalue weighted by molar-refractivity contribution is 6.31. The standard InChI is InChI=1S/C18H20ClN3O2/c19-16-12-20-9-7-17(16)24-15-8-11-22(13-15)18(23)21-10-6-14-4-2-1-3-5-14/h1-5,7,9,12,15H,6,8,10-11,13H2,(H,21,23)/t15-/m0/s1. The van der Waals surface area contributed by atoms with E-state index in [4.69, 9.17) is 16.3 Å². The summed E-state index contributed by atoms with van der Waals surface area (Å²) in [6.07, 6.45) is 4.78. The Morgan fingerprint density at radius 2 is 2.17 bits per heavy atom. The molecule has 2 aromatic rings. The van der Waals surface area contributed by atoms with Crippen LogP contribution in [0.4, 0.5) is 4.79 Å². The van der Waals surface area contributed by atoms with Crippen LogP contribution in [0.15, 0.2) is 48.8 Å². The molecule has 1 aliphatic rings. The van der Waals surface area contributed by atoms with Gasteiger partial charge in [-0.3, -0.25) is 4.98 Å². The van der Waals surface area contributed by atoms with E-state index in [1.165, 1.54) is 5.56 Å². The Balaban J connectivity index is 1.43. The highest BCUT2D eigenvalue weighted by Crippen LogP contribution is 2.25. The van der Waals surface area contributed by atoms with Crippen LogP contribution < -0.4 is 10.1 Å². The number of benzene rings is 1. The number of halogens is 1. The van der Waals surface area contributed by atoms with Crippen LogP contribution in [-0.2, 0) is 6.42 Å². The summed E-state index contributed by atoms with van der Waals surface area (Å²) in [6.45, 7) is 1.88. The lowest BCUT2D eigenvalue weighted by atomic mass is 10.1. The number of carbonyl (C=O) groups excluding carboxylic acids is 1. The molecule has 1 N–H and O–H groups in total. The zero-order chi connectivity index (χ0) is 16.8. The number of hydrogen-bond donors (Lipinski definition) is 1. The molecule has 6 heteroatoms. The van der Waals surface area contributed by atoms with Gasteiger partial charge in [0.1, 0.15) is 16.9 Å². The van der Waals surface area contributed by atoms with Gasteiger partial charge in [0.2, 0.25) is 0 Å². The van der Waals surface area contributed by atoms with Gasteiger partial charge >= 0.3 is 6.03 Å². The Hall–Kier alpha value is -2.27. The van der Waals surface area contributed by atoms with Crippen LogP contribution in [-0.4, -0.2) is 41.7 Å². The molecule has 0 aliphatic carbocycles. The number of urea groups is 1. The molecule has 2 amide bonds. The van der Waals surface area contributed by atoms with E-state index in [1.807, 2.05) is 18.2 Å². The number of pyridine rings is 1. The zero-order valence-electron chi connectivity index (χ0n) is 13.3. The largest absolute Gasteiger partial charge is 0.487 e. The van der Waals surface area contributed by atoms with E-state index in [0.29, 0.717) is 30.4 Å². The fourth-order valence-corrected chi connectivity index (χ4v) is 2.88. The number of hydrogen-bond acceptors (Lipinski definition) is 3. The average Bonchev–Trinajstić information content (AvgIpc) is 3.07. The molecule has 3 rings (SSSR count). The zero-order valence-corrected chi connectivity index (χ0v) is 14.1. The predicted octanol–water partition coefficient (Wildman–Crippen LogP) is 3.14. The predicted molar refractivity (Wildman–Crippen MR) is 93.4 cm³/mol. The normalized spacial score (nSPS) is 16.9. The van der Waals surface area contributed by atoms with E-state index in [0.717, 1.165) is 12.8 Å². The number of carbonyl (C=O) groups is 1. The van der Waals surface area contributed by atoms with Gasteiger partial charge in [-0.15, -0.1) is 0 Å². The van der Waals surface area contributed by atoms with Gasteiger partial charge in [-0.05, 0) is 12.0 Å². The van der Waals surface area contributed by atoms with Gasteiger partial charge in [0.25, 0.3) is 0 Å². The first-order chi connectivity index (χ1) is 11.7. The van der Waals surface area contributed by atoms with Crippen molar-refractivity contribution in [1.29, 1.82) is 0 Å². The third-order valence-corrected chi connectivity index (χ3v) is 4.28. The first kappa shape index (κ1) is 16.6. The summed E-state index contributed by atoms with van der Waals surface area (Å²) >= 11 is 6.05. The van der Waals surface area contributed by atoms with Crippen LogP contribution in [0.5, 0.6) is 5.75 Å². The van der Waals surface area contributed by atoms with Crippen LogP contribution in [0.25, 0.3) is 0 Å². The number of likely N-dealkylation sites (tertiary alicyclic amines) is 1. The van der Waals surface area contributed by atoms with Crippen LogP contribution in [0.1, 0.15) is 12.0 Å². The lowest BCUT2D eigenvalue weighted by Gasteiger charge is -2.18. The fraction of sp³-hybridized carbons (Fsp3) is 0.333. The molecule has 0 spiro atoms. The Kier molecular flexibility index (Phi) is 5.54. The molecular formula is C18H20ClN3O2. The first-order valence-corrected chi connectivity index (χ1v) is 8.43. The average molecular weight is 346 g/mol. The second-order valence-corrected chi connectivity index (χ2v) is 6.16. The minimum absolute atomic E-state index is 0.0372. The smallest absolute Gasteiger partial charge is 0.317 e. The molecule has 1 fully saturated rings. The Bertz CT molecular complexity index is 681. The molecule has 1 aromatic carbocycles. The van der Waals surface area contributed by atoms with Gasteiger partial charge in [-0.2, -0.15) is 0 Å². The molecule has 0 bridgehead atoms. The molecule has 1 aliphatic heterocycles. The molecule has 2 heterocycles. The van der Waals surface area contributed by atoms with E-state index >= 15 is 0 Å². The summed E-state index contributed by atoms with van der Waals surface area (Å²) in [4.78, 5) is 17.9. The summed E-state index contributed by atoms with van der Waals surface area (Å²) in [6, 6.07) is 11.8. The first-order valence-electron chi connectivity index (χ1n) is 8.05. The van der Waals surface area contributed by atoms with Crippen LogP contribution in [0, 0.1) is 0 Å². The summed E-state index contributed by atoms with van der Waals surface area (Å²) in [7, 11) is 0. The fourth-order valence-electron chi connectivity index (χ4n) is 2.72. The molecule has 1 saturated heterocycles. The Morgan fingerprint density at radius 1 is 1.33 bits per heavy atom. The molecule has 0 radical (unpaired) electrons. The third-order valence-electron chi connectivity index (χ3n) is 3.99. The highest BCUT2D eigenvalue weighted by atomic mass is 35.5.